The van der Waals surface area contributed by atoms with E-state index in [0.717, 1.165) is 5.56 Å². The Balaban J connectivity index is 2.34. The summed E-state index contributed by atoms with van der Waals surface area (Å²) < 4.78 is 28.8. The second-order valence-corrected chi connectivity index (χ2v) is 6.58. The molecule has 0 saturated heterocycles. The van der Waals surface area contributed by atoms with Crippen LogP contribution in [0, 0.1) is 0 Å². The SMILES string of the molecule is CC(C)(C)NC(=O)C(=Cc1ccc(OC(F)F)cc1)c1ccccc1. The Morgan fingerprint density at radius 3 is 2.16 bits per heavy atom. The van der Waals surface area contributed by atoms with Crippen LogP contribution < -0.4 is 10.1 Å². The molecule has 2 aromatic rings. The number of hydrogen-bond acceptors (Lipinski definition) is 2. The Bertz CT molecular complexity index is 733. The molecule has 3 nitrogen and oxygen atoms in total. The topological polar surface area (TPSA) is 38.3 Å². The standard InChI is InChI=1S/C20H21F2NO2/c1-20(2,3)23-18(24)17(15-7-5-4-6-8-15)13-14-9-11-16(12-10-14)25-19(21)22/h4-13,19H,1-3H3,(H,23,24). The fourth-order valence-corrected chi connectivity index (χ4v) is 2.22. The highest BCUT2D eigenvalue weighted by Gasteiger charge is 2.18. The number of carbonyl (C=O) groups excluding carboxylic acids is 1. The number of amides is 1. The van der Waals surface area contributed by atoms with Crippen LogP contribution in [0.2, 0.25) is 0 Å². The van der Waals surface area contributed by atoms with Crippen molar-refractivity contribution in [2.45, 2.75) is 32.9 Å². The van der Waals surface area contributed by atoms with Crippen molar-refractivity contribution in [1.29, 1.82) is 0 Å². The van der Waals surface area contributed by atoms with Crippen LogP contribution in [-0.2, 0) is 4.79 Å². The van der Waals surface area contributed by atoms with Crippen molar-refractivity contribution in [2.75, 3.05) is 0 Å². The summed E-state index contributed by atoms with van der Waals surface area (Å²) in [5.41, 5.74) is 1.61. The summed E-state index contributed by atoms with van der Waals surface area (Å²) in [4.78, 5) is 12.7. The number of rotatable bonds is 5. The fraction of sp³-hybridized carbons (Fsp3) is 0.250. The van der Waals surface area contributed by atoms with Crippen molar-refractivity contribution >= 4 is 17.6 Å². The van der Waals surface area contributed by atoms with E-state index in [1.165, 1.54) is 12.1 Å². The first-order valence-corrected chi connectivity index (χ1v) is 7.89. The lowest BCUT2D eigenvalue weighted by Crippen LogP contribution is -2.40. The Morgan fingerprint density at radius 2 is 1.64 bits per heavy atom. The highest BCUT2D eigenvalue weighted by molar-refractivity contribution is 6.24. The normalized spacial score (nSPS) is 12.2. The van der Waals surface area contributed by atoms with Crippen LogP contribution in [0.25, 0.3) is 11.6 Å². The number of ether oxygens (including phenoxy) is 1. The van der Waals surface area contributed by atoms with Crippen LogP contribution in [0.1, 0.15) is 31.9 Å². The van der Waals surface area contributed by atoms with Gasteiger partial charge in [-0.3, -0.25) is 4.79 Å². The molecule has 0 atom stereocenters. The third-order valence-electron chi connectivity index (χ3n) is 3.23. The summed E-state index contributed by atoms with van der Waals surface area (Å²) in [6.07, 6.45) is 1.72. The molecule has 132 valence electrons. The number of halogens is 2. The molecule has 0 aliphatic carbocycles. The van der Waals surface area contributed by atoms with Crippen molar-refractivity contribution in [3.05, 3.63) is 65.7 Å². The molecule has 0 aliphatic rings. The molecule has 0 radical (unpaired) electrons. The first-order chi connectivity index (χ1) is 11.7. The molecule has 0 saturated carbocycles. The number of nitrogens with one attached hydrogen (secondary N) is 1. The molecule has 0 heterocycles. The minimum Gasteiger partial charge on any atom is -0.435 e. The third-order valence-corrected chi connectivity index (χ3v) is 3.23. The van der Waals surface area contributed by atoms with E-state index in [2.05, 4.69) is 10.1 Å². The zero-order valence-electron chi connectivity index (χ0n) is 14.4. The lowest BCUT2D eigenvalue weighted by molar-refractivity contribution is -0.116. The van der Waals surface area contributed by atoms with E-state index in [4.69, 9.17) is 0 Å². The summed E-state index contributed by atoms with van der Waals surface area (Å²) in [5.74, 6) is -0.126. The Labute approximate surface area is 146 Å². The van der Waals surface area contributed by atoms with Crippen LogP contribution in [0.4, 0.5) is 8.78 Å². The Kier molecular flexibility index (Phi) is 5.91. The van der Waals surface area contributed by atoms with E-state index >= 15 is 0 Å². The molecule has 0 unspecified atom stereocenters. The van der Waals surface area contributed by atoms with Crippen molar-refractivity contribution < 1.29 is 18.3 Å². The monoisotopic (exact) mass is 345 g/mol. The van der Waals surface area contributed by atoms with Gasteiger partial charge in [0.25, 0.3) is 5.91 Å². The predicted octanol–water partition coefficient (Wildman–Crippen LogP) is 4.74. The van der Waals surface area contributed by atoms with Gasteiger partial charge in [0.05, 0.1) is 0 Å². The van der Waals surface area contributed by atoms with E-state index < -0.39 is 6.61 Å². The summed E-state index contributed by atoms with van der Waals surface area (Å²) >= 11 is 0. The van der Waals surface area contributed by atoms with Gasteiger partial charge in [-0.2, -0.15) is 8.78 Å². The smallest absolute Gasteiger partial charge is 0.387 e. The second-order valence-electron chi connectivity index (χ2n) is 6.58. The summed E-state index contributed by atoms with van der Waals surface area (Å²) in [6, 6.07) is 15.4. The first-order valence-electron chi connectivity index (χ1n) is 7.89. The molecule has 0 aromatic heterocycles. The molecule has 2 rings (SSSR count). The van der Waals surface area contributed by atoms with E-state index in [0.29, 0.717) is 11.1 Å². The van der Waals surface area contributed by atoms with Gasteiger partial charge in [0.2, 0.25) is 0 Å². The minimum atomic E-state index is -2.86. The Morgan fingerprint density at radius 1 is 1.04 bits per heavy atom. The number of alkyl halides is 2. The molecule has 5 heteroatoms. The molecular weight excluding hydrogens is 324 g/mol. The van der Waals surface area contributed by atoms with E-state index in [1.54, 1.807) is 18.2 Å². The van der Waals surface area contributed by atoms with Gasteiger partial charge in [-0.05, 0) is 50.1 Å². The van der Waals surface area contributed by atoms with E-state index in [9.17, 15) is 13.6 Å². The van der Waals surface area contributed by atoms with Crippen LogP contribution >= 0.6 is 0 Å². The van der Waals surface area contributed by atoms with E-state index in [-0.39, 0.29) is 17.2 Å². The fourth-order valence-electron chi connectivity index (χ4n) is 2.22. The molecule has 25 heavy (non-hydrogen) atoms. The van der Waals surface area contributed by atoms with Crippen molar-refractivity contribution in [3.63, 3.8) is 0 Å². The average Bonchev–Trinajstić information content (AvgIpc) is 2.52. The maximum Gasteiger partial charge on any atom is 0.387 e. The quantitative estimate of drug-likeness (QED) is 0.628. The van der Waals surface area contributed by atoms with Crippen LogP contribution in [0.15, 0.2) is 54.6 Å². The van der Waals surface area contributed by atoms with Gasteiger partial charge < -0.3 is 10.1 Å². The zero-order chi connectivity index (χ0) is 18.4. The van der Waals surface area contributed by atoms with Crippen molar-refractivity contribution in [3.8, 4) is 5.75 Å². The summed E-state index contributed by atoms with van der Waals surface area (Å²) in [6.45, 7) is 2.86. The van der Waals surface area contributed by atoms with Gasteiger partial charge in [-0.1, -0.05) is 42.5 Å². The van der Waals surface area contributed by atoms with Gasteiger partial charge in [0.15, 0.2) is 0 Å². The number of hydrogen-bond donors (Lipinski definition) is 1. The third kappa shape index (κ3) is 6.03. The van der Waals surface area contributed by atoms with Crippen LogP contribution in [0.3, 0.4) is 0 Å². The maximum atomic E-state index is 12.7. The molecule has 0 fully saturated rings. The average molecular weight is 345 g/mol. The van der Waals surface area contributed by atoms with Gasteiger partial charge in [0, 0.05) is 11.1 Å². The highest BCUT2D eigenvalue weighted by Crippen LogP contribution is 2.22. The largest absolute Gasteiger partial charge is 0.435 e. The van der Waals surface area contributed by atoms with Gasteiger partial charge >= 0.3 is 6.61 Å². The van der Waals surface area contributed by atoms with Gasteiger partial charge in [-0.25, -0.2) is 0 Å². The maximum absolute atomic E-state index is 12.7. The Hall–Kier alpha value is -2.69. The van der Waals surface area contributed by atoms with Gasteiger partial charge in [0.1, 0.15) is 5.75 Å². The summed E-state index contributed by atoms with van der Waals surface area (Å²) in [5, 5.41) is 2.94. The van der Waals surface area contributed by atoms with Gasteiger partial charge in [-0.15, -0.1) is 0 Å². The van der Waals surface area contributed by atoms with Crippen LogP contribution in [-0.4, -0.2) is 18.1 Å². The molecule has 1 N–H and O–H groups in total. The molecule has 0 aliphatic heterocycles. The number of benzene rings is 2. The molecule has 1 amide bonds. The van der Waals surface area contributed by atoms with E-state index in [1.807, 2.05) is 51.1 Å². The first kappa shape index (κ1) is 18.6. The predicted molar refractivity (Wildman–Crippen MR) is 95.3 cm³/mol. The lowest BCUT2D eigenvalue weighted by atomic mass is 10.00. The molecule has 2 aromatic carbocycles. The second kappa shape index (κ2) is 7.92. The highest BCUT2D eigenvalue weighted by atomic mass is 19.3. The zero-order valence-corrected chi connectivity index (χ0v) is 14.4. The van der Waals surface area contributed by atoms with Crippen LogP contribution in [0.5, 0.6) is 5.75 Å². The summed E-state index contributed by atoms with van der Waals surface area (Å²) in [7, 11) is 0. The molecular formula is C20H21F2NO2. The van der Waals surface area contributed by atoms with Crippen molar-refractivity contribution in [2.24, 2.45) is 0 Å². The van der Waals surface area contributed by atoms with Crippen molar-refractivity contribution in [1.82, 2.24) is 5.32 Å². The molecule has 0 bridgehead atoms. The lowest BCUT2D eigenvalue weighted by Gasteiger charge is -2.21. The molecule has 0 spiro atoms. The number of carbonyl (C=O) groups is 1. The minimum absolute atomic E-state index is 0.0764.